The number of benzene rings is 1. The van der Waals surface area contributed by atoms with E-state index in [0.29, 0.717) is 0 Å². The first-order valence-electron chi connectivity index (χ1n) is 6.96. The third-order valence-electron chi connectivity index (χ3n) is 3.72. The minimum Gasteiger partial charge on any atom is -0.496 e. The zero-order valence-corrected chi connectivity index (χ0v) is 13.5. The van der Waals surface area contributed by atoms with Gasteiger partial charge in [0.25, 0.3) is 0 Å². The van der Waals surface area contributed by atoms with E-state index in [1.165, 1.54) is 5.56 Å². The van der Waals surface area contributed by atoms with E-state index in [4.69, 9.17) is 16.3 Å². The molecule has 1 N–H and O–H groups in total. The van der Waals surface area contributed by atoms with Crippen LogP contribution in [-0.2, 0) is 6.54 Å². The number of methoxy groups -OCH3 is 1. The molecule has 1 aliphatic rings. The van der Waals surface area contributed by atoms with Gasteiger partial charge in [-0.25, -0.2) is 4.98 Å². The molecule has 0 radical (unpaired) electrons. The summed E-state index contributed by atoms with van der Waals surface area (Å²) in [5.41, 5.74) is 1.22. The van der Waals surface area contributed by atoms with E-state index in [2.05, 4.69) is 27.3 Å². The average Bonchev–Trinajstić information content (AvgIpc) is 2.93. The second kappa shape index (κ2) is 6.75. The van der Waals surface area contributed by atoms with Crippen molar-refractivity contribution in [2.45, 2.75) is 12.6 Å². The number of thiazole rings is 1. The average molecular weight is 324 g/mol. The van der Waals surface area contributed by atoms with E-state index in [9.17, 15) is 0 Å². The van der Waals surface area contributed by atoms with Gasteiger partial charge in [-0.05, 0) is 6.07 Å². The molecule has 1 atom stereocenters. The molecule has 0 spiro atoms. The first kappa shape index (κ1) is 14.8. The maximum atomic E-state index is 5.98. The van der Waals surface area contributed by atoms with Crippen molar-refractivity contribution in [1.29, 1.82) is 0 Å². The molecule has 0 bridgehead atoms. The zero-order chi connectivity index (χ0) is 14.7. The van der Waals surface area contributed by atoms with Gasteiger partial charge >= 0.3 is 0 Å². The summed E-state index contributed by atoms with van der Waals surface area (Å²) in [6.07, 6.45) is 1.72. The molecule has 1 fully saturated rings. The molecule has 1 unspecified atom stereocenters. The second-order valence-electron chi connectivity index (χ2n) is 4.99. The van der Waals surface area contributed by atoms with E-state index in [1.807, 2.05) is 12.1 Å². The van der Waals surface area contributed by atoms with E-state index in [-0.39, 0.29) is 6.04 Å². The predicted octanol–water partition coefficient (Wildman–Crippen LogP) is 2.95. The van der Waals surface area contributed by atoms with Gasteiger partial charge in [-0.2, -0.15) is 0 Å². The Labute approximate surface area is 133 Å². The van der Waals surface area contributed by atoms with Crippen molar-refractivity contribution in [3.63, 3.8) is 0 Å². The van der Waals surface area contributed by atoms with Crippen LogP contribution >= 0.6 is 22.9 Å². The zero-order valence-electron chi connectivity index (χ0n) is 11.9. The van der Waals surface area contributed by atoms with Gasteiger partial charge in [0, 0.05) is 25.2 Å². The van der Waals surface area contributed by atoms with E-state index in [0.717, 1.165) is 41.3 Å². The first-order valence-corrected chi connectivity index (χ1v) is 8.15. The predicted molar refractivity (Wildman–Crippen MR) is 86.1 cm³/mol. The quantitative estimate of drug-likeness (QED) is 0.938. The first-order chi connectivity index (χ1) is 10.3. The number of hydrogen-bond acceptors (Lipinski definition) is 5. The third kappa shape index (κ3) is 3.37. The molecule has 2 heterocycles. The van der Waals surface area contributed by atoms with Gasteiger partial charge in [0.15, 0.2) is 0 Å². The van der Waals surface area contributed by atoms with Crippen LogP contribution in [-0.4, -0.2) is 36.6 Å². The lowest BCUT2D eigenvalue weighted by molar-refractivity contribution is 0.151. The van der Waals surface area contributed by atoms with Crippen molar-refractivity contribution >= 4 is 22.9 Å². The molecule has 0 saturated carbocycles. The number of nitrogens with zero attached hydrogens (tertiary/aromatic N) is 2. The van der Waals surface area contributed by atoms with Crippen molar-refractivity contribution in [2.24, 2.45) is 0 Å². The van der Waals surface area contributed by atoms with E-state index in [1.54, 1.807) is 24.6 Å². The molecule has 112 valence electrons. The number of para-hydroxylation sites is 1. The number of rotatable bonds is 4. The minimum atomic E-state index is 0.289. The van der Waals surface area contributed by atoms with Crippen LogP contribution in [0.15, 0.2) is 30.5 Å². The monoisotopic (exact) mass is 323 g/mol. The third-order valence-corrected chi connectivity index (χ3v) is 4.82. The Kier molecular flexibility index (Phi) is 4.75. The highest BCUT2D eigenvalue weighted by atomic mass is 35.5. The highest BCUT2D eigenvalue weighted by Crippen LogP contribution is 2.31. The molecule has 4 nitrogen and oxygen atoms in total. The highest BCUT2D eigenvalue weighted by Gasteiger charge is 2.26. The molecule has 6 heteroatoms. The van der Waals surface area contributed by atoms with Crippen LogP contribution in [0.25, 0.3) is 0 Å². The summed E-state index contributed by atoms with van der Waals surface area (Å²) < 4.78 is 6.26. The van der Waals surface area contributed by atoms with Crippen molar-refractivity contribution in [1.82, 2.24) is 15.2 Å². The summed E-state index contributed by atoms with van der Waals surface area (Å²) in [6, 6.07) is 8.51. The molecule has 1 aromatic carbocycles. The fourth-order valence-corrected chi connectivity index (χ4v) is 3.70. The van der Waals surface area contributed by atoms with Gasteiger partial charge < -0.3 is 10.1 Å². The van der Waals surface area contributed by atoms with Crippen molar-refractivity contribution < 1.29 is 4.74 Å². The summed E-state index contributed by atoms with van der Waals surface area (Å²) in [5, 5.41) is 4.52. The lowest BCUT2D eigenvalue weighted by Gasteiger charge is -2.36. The van der Waals surface area contributed by atoms with Gasteiger partial charge in [0.05, 0.1) is 25.9 Å². The van der Waals surface area contributed by atoms with Crippen LogP contribution in [0, 0.1) is 0 Å². The smallest absolute Gasteiger partial charge is 0.123 e. The number of nitrogens with one attached hydrogen (secondary N) is 1. The van der Waals surface area contributed by atoms with Crippen LogP contribution in [0.1, 0.15) is 16.6 Å². The Hall–Kier alpha value is -1.14. The summed E-state index contributed by atoms with van der Waals surface area (Å²) in [5.74, 6) is 0.938. The molecule has 0 aliphatic carbocycles. The summed E-state index contributed by atoms with van der Waals surface area (Å²) in [7, 11) is 1.72. The number of hydrogen-bond donors (Lipinski definition) is 1. The highest BCUT2D eigenvalue weighted by molar-refractivity contribution is 7.15. The number of halogens is 1. The molecule has 1 aliphatic heterocycles. The van der Waals surface area contributed by atoms with Gasteiger partial charge in [-0.3, -0.25) is 4.90 Å². The summed E-state index contributed by atoms with van der Waals surface area (Å²) >= 11 is 7.53. The summed E-state index contributed by atoms with van der Waals surface area (Å²) in [4.78, 5) is 6.81. The standard InChI is InChI=1S/C15H18ClN3OS/c1-20-13-5-3-2-4-11(13)12-8-17-6-7-19(12)10-15-18-9-14(16)21-15/h2-5,9,12,17H,6-8,10H2,1H3. The number of aromatic nitrogens is 1. The Morgan fingerprint density at radius 3 is 3.10 bits per heavy atom. The van der Waals surface area contributed by atoms with Crippen molar-refractivity contribution in [3.8, 4) is 5.75 Å². The minimum absolute atomic E-state index is 0.289. The molecule has 2 aromatic rings. The van der Waals surface area contributed by atoms with Crippen LogP contribution in [0.4, 0.5) is 0 Å². The number of piperazine rings is 1. The molecule has 0 amide bonds. The van der Waals surface area contributed by atoms with Crippen molar-refractivity contribution in [3.05, 3.63) is 45.4 Å². The SMILES string of the molecule is COc1ccccc1C1CNCCN1Cc1ncc(Cl)s1. The van der Waals surface area contributed by atoms with Gasteiger partial charge in [0.2, 0.25) is 0 Å². The Bertz CT molecular complexity index is 604. The van der Waals surface area contributed by atoms with Crippen LogP contribution in [0.5, 0.6) is 5.75 Å². The van der Waals surface area contributed by atoms with Gasteiger partial charge in [-0.1, -0.05) is 29.8 Å². The lowest BCUT2D eigenvalue weighted by Crippen LogP contribution is -2.45. The topological polar surface area (TPSA) is 37.4 Å². The molecule has 1 aromatic heterocycles. The second-order valence-corrected chi connectivity index (χ2v) is 6.74. The maximum absolute atomic E-state index is 5.98. The van der Waals surface area contributed by atoms with Crippen LogP contribution in [0.3, 0.4) is 0 Å². The number of ether oxygens (including phenoxy) is 1. The van der Waals surface area contributed by atoms with Crippen LogP contribution < -0.4 is 10.1 Å². The Balaban J connectivity index is 1.84. The largest absolute Gasteiger partial charge is 0.496 e. The van der Waals surface area contributed by atoms with E-state index < -0.39 is 0 Å². The Morgan fingerprint density at radius 1 is 1.48 bits per heavy atom. The van der Waals surface area contributed by atoms with Crippen molar-refractivity contribution in [2.75, 3.05) is 26.7 Å². The normalized spacial score (nSPS) is 19.6. The summed E-state index contributed by atoms with van der Waals surface area (Å²) in [6.45, 7) is 3.71. The molecular formula is C15H18ClN3OS. The fraction of sp³-hybridized carbons (Fsp3) is 0.400. The fourth-order valence-electron chi connectivity index (χ4n) is 2.72. The molecule has 3 rings (SSSR count). The van der Waals surface area contributed by atoms with Gasteiger partial charge in [-0.15, -0.1) is 11.3 Å². The molecule has 1 saturated heterocycles. The molecule has 21 heavy (non-hydrogen) atoms. The Morgan fingerprint density at radius 2 is 2.33 bits per heavy atom. The van der Waals surface area contributed by atoms with E-state index >= 15 is 0 Å². The lowest BCUT2D eigenvalue weighted by atomic mass is 10.0. The van der Waals surface area contributed by atoms with Crippen LogP contribution in [0.2, 0.25) is 4.34 Å². The molecular weight excluding hydrogens is 306 g/mol. The van der Waals surface area contributed by atoms with Gasteiger partial charge in [0.1, 0.15) is 15.1 Å². The maximum Gasteiger partial charge on any atom is 0.123 e.